The number of carbonyl (C=O) groups is 1. The fourth-order valence-electron chi connectivity index (χ4n) is 5.66. The van der Waals surface area contributed by atoms with Crippen LogP contribution in [0.1, 0.15) is 44.9 Å². The average Bonchev–Trinajstić information content (AvgIpc) is 2.95. The summed E-state index contributed by atoms with van der Waals surface area (Å²) in [4.78, 5) is 23.6. The Bertz CT molecular complexity index is 1300. The molecule has 1 aromatic heterocycles. The Morgan fingerprint density at radius 3 is 2.68 bits per heavy atom. The molecular formula is C28H33ClFN5O3. The molecule has 8 nitrogen and oxygen atoms in total. The normalized spacial score (nSPS) is 22.2. The number of hydrogen-bond donors (Lipinski definition) is 2. The van der Waals surface area contributed by atoms with Gasteiger partial charge in [0, 0.05) is 24.5 Å². The summed E-state index contributed by atoms with van der Waals surface area (Å²) in [5.74, 6) is 1.18. The number of rotatable bonds is 7. The Hall–Kier alpha value is -3.17. The number of hydrogen-bond acceptors (Lipinski definition) is 7. The molecule has 3 aromatic rings. The van der Waals surface area contributed by atoms with Crippen molar-refractivity contribution in [2.45, 2.75) is 63.1 Å². The SMILES string of the molecule is CNC(=O)[C@H]1CCCCN1C1CCC(Oc2cc3c(Nc4cccc(Cl)c4F)ncnc3cc2OC)CC1. The molecule has 2 heterocycles. The zero-order valence-corrected chi connectivity index (χ0v) is 22.4. The van der Waals surface area contributed by atoms with Gasteiger partial charge in [-0.1, -0.05) is 24.1 Å². The molecule has 1 atom stereocenters. The van der Waals surface area contributed by atoms with Gasteiger partial charge in [0.1, 0.15) is 12.1 Å². The molecule has 2 aliphatic rings. The minimum atomic E-state index is -0.546. The summed E-state index contributed by atoms with van der Waals surface area (Å²) in [7, 11) is 3.32. The van der Waals surface area contributed by atoms with E-state index in [2.05, 4.69) is 25.5 Å². The van der Waals surface area contributed by atoms with E-state index in [4.69, 9.17) is 21.1 Å². The largest absolute Gasteiger partial charge is 0.493 e. The van der Waals surface area contributed by atoms with Crippen molar-refractivity contribution in [1.82, 2.24) is 20.2 Å². The van der Waals surface area contributed by atoms with Gasteiger partial charge < -0.3 is 20.1 Å². The van der Waals surface area contributed by atoms with Crippen molar-refractivity contribution >= 4 is 39.9 Å². The van der Waals surface area contributed by atoms with Gasteiger partial charge in [0.25, 0.3) is 0 Å². The second-order valence-corrected chi connectivity index (χ2v) is 10.3. The topological polar surface area (TPSA) is 88.6 Å². The zero-order valence-electron chi connectivity index (χ0n) is 21.7. The predicted octanol–water partition coefficient (Wildman–Crippen LogP) is 5.47. The number of halogens is 2. The van der Waals surface area contributed by atoms with Crippen molar-refractivity contribution in [3.05, 3.63) is 47.5 Å². The third-order valence-corrected chi connectivity index (χ3v) is 7.92. The van der Waals surface area contributed by atoms with E-state index in [-0.39, 0.29) is 28.8 Å². The Kier molecular flexibility index (Phi) is 8.14. The number of fused-ring (bicyclic) bond motifs is 1. The Balaban J connectivity index is 1.33. The van der Waals surface area contributed by atoms with Gasteiger partial charge in [-0.25, -0.2) is 14.4 Å². The maximum atomic E-state index is 14.5. The Morgan fingerprint density at radius 1 is 1.11 bits per heavy atom. The molecule has 0 bridgehead atoms. The van der Waals surface area contributed by atoms with Crippen molar-refractivity contribution < 1.29 is 18.7 Å². The van der Waals surface area contributed by atoms with Crippen molar-refractivity contribution in [2.75, 3.05) is 26.0 Å². The van der Waals surface area contributed by atoms with Crippen molar-refractivity contribution in [2.24, 2.45) is 0 Å². The highest BCUT2D eigenvalue weighted by atomic mass is 35.5. The van der Waals surface area contributed by atoms with Crippen molar-refractivity contribution in [1.29, 1.82) is 0 Å². The molecule has 202 valence electrons. The highest BCUT2D eigenvalue weighted by Gasteiger charge is 2.35. The van der Waals surface area contributed by atoms with Gasteiger partial charge in [-0.3, -0.25) is 9.69 Å². The second kappa shape index (κ2) is 11.7. The molecule has 5 rings (SSSR count). The zero-order chi connectivity index (χ0) is 26.6. The molecule has 2 aromatic carbocycles. The number of anilines is 2. The van der Waals surface area contributed by atoms with Gasteiger partial charge >= 0.3 is 0 Å². The van der Waals surface area contributed by atoms with E-state index in [0.717, 1.165) is 51.5 Å². The van der Waals surface area contributed by atoms with Crippen LogP contribution < -0.4 is 20.1 Å². The lowest BCUT2D eigenvalue weighted by Gasteiger charge is -2.43. The van der Waals surface area contributed by atoms with Crippen LogP contribution in [0.25, 0.3) is 10.9 Å². The fraction of sp³-hybridized carbons (Fsp3) is 0.464. The third-order valence-electron chi connectivity index (χ3n) is 7.63. The summed E-state index contributed by atoms with van der Waals surface area (Å²) >= 11 is 5.96. The first-order valence-corrected chi connectivity index (χ1v) is 13.5. The molecule has 1 saturated heterocycles. The number of likely N-dealkylation sites (tertiary alicyclic amines) is 1. The van der Waals surface area contributed by atoms with Crippen LogP contribution in [0.4, 0.5) is 15.9 Å². The van der Waals surface area contributed by atoms with Gasteiger partial charge in [0.15, 0.2) is 17.3 Å². The summed E-state index contributed by atoms with van der Waals surface area (Å²) in [6.45, 7) is 0.968. The summed E-state index contributed by atoms with van der Waals surface area (Å²) in [5.41, 5.74) is 0.866. The number of piperidine rings is 1. The van der Waals surface area contributed by atoms with Gasteiger partial charge in [-0.05, 0) is 63.3 Å². The lowest BCUT2D eigenvalue weighted by Crippen LogP contribution is -2.54. The molecule has 10 heteroatoms. The number of amides is 1. The number of nitrogens with one attached hydrogen (secondary N) is 2. The van der Waals surface area contributed by atoms with E-state index in [9.17, 15) is 9.18 Å². The molecule has 0 radical (unpaired) electrons. The monoisotopic (exact) mass is 541 g/mol. The van der Waals surface area contributed by atoms with Gasteiger partial charge in [0.2, 0.25) is 5.91 Å². The standard InChI is InChI=1S/C28H33ClFN5O3/c1-31-28(36)23-8-3-4-13-35(23)17-9-11-18(12-10-17)38-25-14-19-22(15-24(25)37-2)32-16-33-27(19)34-21-7-5-6-20(29)26(21)30/h5-7,14-18,23H,3-4,8-13H2,1-2H3,(H,31,36)(H,32,33,34)/t17?,18?,23-/m1/s1. The molecule has 38 heavy (non-hydrogen) atoms. The quantitative estimate of drug-likeness (QED) is 0.410. The minimum Gasteiger partial charge on any atom is -0.493 e. The highest BCUT2D eigenvalue weighted by molar-refractivity contribution is 6.31. The summed E-state index contributed by atoms with van der Waals surface area (Å²) < 4.78 is 26.6. The average molecular weight is 542 g/mol. The second-order valence-electron chi connectivity index (χ2n) is 9.88. The van der Waals surface area contributed by atoms with Crippen LogP contribution in [0, 0.1) is 5.82 Å². The maximum absolute atomic E-state index is 14.5. The van der Waals surface area contributed by atoms with Crippen LogP contribution in [0.3, 0.4) is 0 Å². The number of methoxy groups -OCH3 is 1. The van der Waals surface area contributed by atoms with Crippen LogP contribution in [0.15, 0.2) is 36.7 Å². The van der Waals surface area contributed by atoms with Crippen molar-refractivity contribution in [3.8, 4) is 11.5 Å². The van der Waals surface area contributed by atoms with E-state index in [1.807, 2.05) is 6.07 Å². The number of likely N-dealkylation sites (N-methyl/N-ethyl adjacent to an activating group) is 1. The first-order valence-electron chi connectivity index (χ1n) is 13.2. The molecule has 0 unspecified atom stereocenters. The fourth-order valence-corrected chi connectivity index (χ4v) is 5.83. The van der Waals surface area contributed by atoms with Crippen LogP contribution in [-0.2, 0) is 4.79 Å². The van der Waals surface area contributed by atoms with E-state index in [1.54, 1.807) is 32.4 Å². The van der Waals surface area contributed by atoms with E-state index < -0.39 is 5.82 Å². The van der Waals surface area contributed by atoms with Gasteiger partial charge in [0.05, 0.1) is 35.5 Å². The van der Waals surface area contributed by atoms with Crippen LogP contribution >= 0.6 is 11.6 Å². The van der Waals surface area contributed by atoms with Crippen LogP contribution in [0.2, 0.25) is 5.02 Å². The summed E-state index contributed by atoms with van der Waals surface area (Å²) in [6, 6.07) is 8.77. The van der Waals surface area contributed by atoms with E-state index in [1.165, 1.54) is 12.4 Å². The third kappa shape index (κ3) is 5.49. The molecule has 1 aliphatic carbocycles. The van der Waals surface area contributed by atoms with Crippen LogP contribution in [-0.4, -0.2) is 59.7 Å². The first-order chi connectivity index (χ1) is 18.5. The highest BCUT2D eigenvalue weighted by Crippen LogP contribution is 2.38. The van der Waals surface area contributed by atoms with E-state index >= 15 is 0 Å². The smallest absolute Gasteiger partial charge is 0.237 e. The Labute approximate surface area is 226 Å². The number of carbonyl (C=O) groups excluding carboxylic acids is 1. The number of nitrogens with zero attached hydrogens (tertiary/aromatic N) is 3. The van der Waals surface area contributed by atoms with Gasteiger partial charge in [-0.15, -0.1) is 0 Å². The Morgan fingerprint density at radius 2 is 1.92 bits per heavy atom. The summed E-state index contributed by atoms with van der Waals surface area (Å²) in [6.07, 6.45) is 8.29. The first kappa shape index (κ1) is 26.4. The molecular weight excluding hydrogens is 509 g/mol. The van der Waals surface area contributed by atoms with Gasteiger partial charge in [-0.2, -0.15) is 0 Å². The molecule has 1 saturated carbocycles. The van der Waals surface area contributed by atoms with E-state index in [0.29, 0.717) is 34.3 Å². The minimum absolute atomic E-state index is 0.0206. The molecule has 2 N–H and O–H groups in total. The van der Waals surface area contributed by atoms with Crippen LogP contribution in [0.5, 0.6) is 11.5 Å². The number of ether oxygens (including phenoxy) is 2. The molecule has 0 spiro atoms. The lowest BCUT2D eigenvalue weighted by atomic mass is 9.88. The molecule has 2 fully saturated rings. The van der Waals surface area contributed by atoms with Crippen molar-refractivity contribution in [3.63, 3.8) is 0 Å². The lowest BCUT2D eigenvalue weighted by molar-refractivity contribution is -0.128. The number of benzene rings is 2. The predicted molar refractivity (Wildman–Crippen MR) is 146 cm³/mol. The maximum Gasteiger partial charge on any atom is 0.237 e. The number of aromatic nitrogens is 2. The molecule has 1 aliphatic heterocycles. The summed E-state index contributed by atoms with van der Waals surface area (Å²) in [5, 5.41) is 6.58. The molecule has 1 amide bonds.